The first kappa shape index (κ1) is 81.6. The normalized spacial score (nSPS) is 0. The molecule has 0 fully saturated rings. The molecule has 0 aliphatic rings. The largest absolute Gasteiger partial charge is 2.00 e. The molecule has 7 heteroatoms. The van der Waals surface area contributed by atoms with Gasteiger partial charge in [-0.15, -0.1) is 37.2 Å². The van der Waals surface area contributed by atoms with Crippen molar-refractivity contribution in [2.45, 2.75) is 0 Å². The van der Waals surface area contributed by atoms with Crippen LogP contribution in [0.25, 0.3) is 0 Å². The second kappa shape index (κ2) is 58.7. The van der Waals surface area contributed by atoms with Gasteiger partial charge in [0, 0.05) is 0 Å². The third-order valence-electron chi connectivity index (χ3n) is 0. The predicted octanol–water partition coefficient (Wildman–Crippen LogP) is -0.696. The van der Waals surface area contributed by atoms with Gasteiger partial charge in [0.15, 0.2) is 0 Å². The third kappa shape index (κ3) is 45.4. The average Bonchev–Trinajstić information content (AvgIpc) is 0. The number of halogens is 3. The zero-order chi connectivity index (χ0) is 0. The quantitative estimate of drug-likeness (QED) is 0.494. The minimum atomic E-state index is 0. The summed E-state index contributed by atoms with van der Waals surface area (Å²) in [7, 11) is 0. The maximum Gasteiger partial charge on any atom is 2.00 e. The standard InChI is InChI=1S/2Ca.3ClH.2H2O.4H/h;;3*1H;2*1H2;;;;/q2*+2;;;;;;4*-1. The fraction of sp³-hybridized carbons (Fsp3) is 0. The molecule has 0 atom stereocenters. The second-order valence-corrected chi connectivity index (χ2v) is 0. The fourth-order valence-electron chi connectivity index (χ4n) is 0. The Hall–Kier alpha value is 3.31. The van der Waals surface area contributed by atoms with Gasteiger partial charge >= 0.3 is 75.5 Å². The Morgan fingerprint density at radius 1 is 0.571 bits per heavy atom. The van der Waals surface area contributed by atoms with E-state index in [4.69, 9.17) is 0 Å². The molecule has 0 rings (SSSR count). The first-order valence-electron chi connectivity index (χ1n) is 0. The van der Waals surface area contributed by atoms with Crippen molar-refractivity contribution in [3.63, 3.8) is 0 Å². The molecule has 0 bridgehead atoms. The van der Waals surface area contributed by atoms with E-state index in [-0.39, 0.29) is 129 Å². The van der Waals surface area contributed by atoms with Gasteiger partial charge in [-0.2, -0.15) is 0 Å². The molecule has 0 radical (unpaired) electrons. The molecule has 0 heterocycles. The van der Waals surface area contributed by atoms with Gasteiger partial charge in [0.2, 0.25) is 0 Å². The van der Waals surface area contributed by atoms with Gasteiger partial charge in [-0.1, -0.05) is 0 Å². The summed E-state index contributed by atoms with van der Waals surface area (Å²) in [6.07, 6.45) is 0. The van der Waals surface area contributed by atoms with Crippen LogP contribution in [0.2, 0.25) is 0 Å². The summed E-state index contributed by atoms with van der Waals surface area (Å²) in [6.45, 7) is 0. The van der Waals surface area contributed by atoms with Gasteiger partial charge < -0.3 is 16.7 Å². The second-order valence-electron chi connectivity index (χ2n) is 0. The van der Waals surface area contributed by atoms with Gasteiger partial charge in [-0.25, -0.2) is 0 Å². The zero-order valence-corrected chi connectivity index (χ0v) is 10.5. The molecule has 0 aromatic rings. The summed E-state index contributed by atoms with van der Waals surface area (Å²) < 4.78 is 0. The molecular formula is H11Ca2Cl3O2. The van der Waals surface area contributed by atoms with Crippen LogP contribution in [0.1, 0.15) is 5.71 Å². The summed E-state index contributed by atoms with van der Waals surface area (Å²) in [5, 5.41) is 0. The minimum Gasteiger partial charge on any atom is -1.00 e. The molecule has 4 N–H and O–H groups in total. The average molecular weight is 230 g/mol. The van der Waals surface area contributed by atoms with E-state index in [0.717, 1.165) is 0 Å². The molecule has 0 unspecified atom stereocenters. The maximum absolute atomic E-state index is 0. The van der Waals surface area contributed by atoms with Crippen LogP contribution in [-0.4, -0.2) is 86.4 Å². The first-order valence-corrected chi connectivity index (χ1v) is 0. The van der Waals surface area contributed by atoms with Crippen LogP contribution in [-0.2, 0) is 0 Å². The van der Waals surface area contributed by atoms with Crippen molar-refractivity contribution in [2.75, 3.05) is 0 Å². The molecule has 0 saturated heterocycles. The number of hydrogen-bond acceptors (Lipinski definition) is 0. The van der Waals surface area contributed by atoms with Gasteiger partial charge in [0.1, 0.15) is 0 Å². The molecule has 0 aliphatic carbocycles. The van der Waals surface area contributed by atoms with Crippen molar-refractivity contribution in [3.8, 4) is 0 Å². The van der Waals surface area contributed by atoms with Crippen LogP contribution in [0.15, 0.2) is 0 Å². The van der Waals surface area contributed by atoms with Crippen LogP contribution in [0, 0.1) is 0 Å². The molecule has 0 spiro atoms. The molecule has 0 amide bonds. The van der Waals surface area contributed by atoms with Crippen molar-refractivity contribution in [3.05, 3.63) is 0 Å². The Balaban J connectivity index is 0. The summed E-state index contributed by atoms with van der Waals surface area (Å²) in [5.74, 6) is 0. The molecule has 2 nitrogen and oxygen atoms in total. The summed E-state index contributed by atoms with van der Waals surface area (Å²) in [5.41, 5.74) is 0. The van der Waals surface area contributed by atoms with Crippen molar-refractivity contribution in [1.29, 1.82) is 0 Å². The smallest absolute Gasteiger partial charge is 1.00 e. The van der Waals surface area contributed by atoms with Crippen molar-refractivity contribution >= 4 is 113 Å². The third-order valence-corrected chi connectivity index (χ3v) is 0. The van der Waals surface area contributed by atoms with E-state index in [2.05, 4.69) is 0 Å². The minimum absolute atomic E-state index is 0. The van der Waals surface area contributed by atoms with Crippen molar-refractivity contribution in [2.24, 2.45) is 0 Å². The Morgan fingerprint density at radius 2 is 0.571 bits per heavy atom. The van der Waals surface area contributed by atoms with E-state index >= 15 is 0 Å². The Morgan fingerprint density at radius 3 is 0.571 bits per heavy atom. The van der Waals surface area contributed by atoms with E-state index in [9.17, 15) is 0 Å². The molecule has 0 saturated carbocycles. The first-order chi connectivity index (χ1) is 0. The van der Waals surface area contributed by atoms with E-state index in [1.54, 1.807) is 0 Å². The predicted molar refractivity (Wildman–Crippen MR) is 44.9 cm³/mol. The number of rotatable bonds is 0. The molecule has 48 valence electrons. The molecular weight excluding hydrogens is 219 g/mol. The monoisotopic (exact) mass is 228 g/mol. The van der Waals surface area contributed by atoms with E-state index in [0.29, 0.717) is 0 Å². The SMILES string of the molecule is Cl.Cl.Cl.O.O.[Ca+2].[Ca+2].[H-].[H-].[H-].[H-]. The van der Waals surface area contributed by atoms with Crippen LogP contribution in [0.3, 0.4) is 0 Å². The van der Waals surface area contributed by atoms with Gasteiger partial charge in [-0.3, -0.25) is 0 Å². The van der Waals surface area contributed by atoms with Crippen molar-refractivity contribution in [1.82, 2.24) is 0 Å². The van der Waals surface area contributed by atoms with Crippen LogP contribution in [0.5, 0.6) is 0 Å². The van der Waals surface area contributed by atoms with Crippen LogP contribution in [0.4, 0.5) is 0 Å². The van der Waals surface area contributed by atoms with E-state index in [1.807, 2.05) is 0 Å². The Kier molecular flexibility index (Phi) is 684. The summed E-state index contributed by atoms with van der Waals surface area (Å²) >= 11 is 0. The topological polar surface area (TPSA) is 63.0 Å². The molecule has 0 aliphatic heterocycles. The van der Waals surface area contributed by atoms with E-state index in [1.165, 1.54) is 0 Å². The molecule has 0 aromatic heterocycles. The molecule has 0 aromatic carbocycles. The zero-order valence-electron chi connectivity index (χ0n) is 7.64. The van der Waals surface area contributed by atoms with Crippen LogP contribution >= 0.6 is 37.2 Å². The van der Waals surface area contributed by atoms with Gasteiger partial charge in [0.05, 0.1) is 0 Å². The van der Waals surface area contributed by atoms with Crippen LogP contribution < -0.4 is 0 Å². The van der Waals surface area contributed by atoms with Gasteiger partial charge in [-0.05, 0) is 0 Å². The summed E-state index contributed by atoms with van der Waals surface area (Å²) in [6, 6.07) is 0. The Labute approximate surface area is 127 Å². The maximum atomic E-state index is 0. The van der Waals surface area contributed by atoms with Gasteiger partial charge in [0.25, 0.3) is 0 Å². The fourth-order valence-corrected chi connectivity index (χ4v) is 0. The number of hydrogen-bond donors (Lipinski definition) is 0. The van der Waals surface area contributed by atoms with E-state index < -0.39 is 0 Å². The summed E-state index contributed by atoms with van der Waals surface area (Å²) in [4.78, 5) is 0. The molecule has 7 heavy (non-hydrogen) atoms. The van der Waals surface area contributed by atoms with Crippen molar-refractivity contribution < 1.29 is 16.7 Å². The Bertz CT molecular complexity index is 21.3.